The second-order valence-corrected chi connectivity index (χ2v) is 5.13. The zero-order valence-corrected chi connectivity index (χ0v) is 12.6. The molecule has 1 aromatic rings. The van der Waals surface area contributed by atoms with E-state index in [9.17, 15) is 34.5 Å². The zero-order valence-electron chi connectivity index (χ0n) is 12.6. The lowest BCUT2D eigenvalue weighted by molar-refractivity contribution is -0.431. The first kappa shape index (κ1) is 17.1. The molecule has 0 spiro atoms. The van der Waals surface area contributed by atoms with E-state index in [1.165, 1.54) is 13.8 Å². The number of halogens is 1. The number of nitrogens with zero attached hydrogens (tertiary/aromatic N) is 2. The van der Waals surface area contributed by atoms with Crippen LogP contribution in [0, 0.1) is 26.0 Å². The Bertz CT molecular complexity index is 794. The fourth-order valence-corrected chi connectivity index (χ4v) is 2.68. The number of nitro groups is 2. The highest BCUT2D eigenvalue weighted by molar-refractivity contribution is 5.90. The van der Waals surface area contributed by atoms with Crippen LogP contribution in [0.2, 0.25) is 0 Å². The molecule has 0 saturated heterocycles. The number of allylic oxidation sites excluding steroid dienone is 3. The minimum Gasteiger partial charge on any atom is -0.478 e. The highest BCUT2D eigenvalue weighted by Crippen LogP contribution is 2.39. The van der Waals surface area contributed by atoms with E-state index < -0.39 is 38.9 Å². The van der Waals surface area contributed by atoms with Crippen LogP contribution in [0.4, 0.5) is 10.1 Å². The summed E-state index contributed by atoms with van der Waals surface area (Å²) in [5.41, 5.74) is -1.56. The van der Waals surface area contributed by atoms with Gasteiger partial charge in [-0.3, -0.25) is 20.2 Å². The summed E-state index contributed by atoms with van der Waals surface area (Å²) in [5, 5.41) is 34.1. The lowest BCUT2D eigenvalue weighted by Gasteiger charge is -2.25. The fraction of sp³-hybridized carbons (Fsp3) is 0.214. The van der Waals surface area contributed by atoms with E-state index in [4.69, 9.17) is 0 Å². The molecule has 2 N–H and O–H groups in total. The Labute approximate surface area is 134 Å². The third kappa shape index (κ3) is 2.81. The Morgan fingerprint density at radius 1 is 1.21 bits per heavy atom. The van der Waals surface area contributed by atoms with Crippen molar-refractivity contribution < 1.29 is 24.1 Å². The standard InChI is InChI=1S/C14H12FN3O6/c1-6-11(14(19)20)12(13(18(23)24)7(2)16-6)9-4-3-8(17(21)22)5-10(9)15/h3-5,12,16H,1-2H3,(H,19,20)/t12-/m1/s1. The predicted octanol–water partition coefficient (Wildman–Crippen LogP) is 2.29. The molecule has 0 amide bonds. The molecule has 0 unspecified atom stereocenters. The molecule has 1 aliphatic rings. The molecule has 2 rings (SSSR count). The molecule has 1 aliphatic heterocycles. The lowest BCUT2D eigenvalue weighted by Crippen LogP contribution is -2.31. The summed E-state index contributed by atoms with van der Waals surface area (Å²) in [6.07, 6.45) is 0. The molecule has 0 aromatic heterocycles. The van der Waals surface area contributed by atoms with Gasteiger partial charge in [-0.25, -0.2) is 9.18 Å². The van der Waals surface area contributed by atoms with Crippen LogP contribution in [0.25, 0.3) is 0 Å². The molecule has 1 atom stereocenters. The smallest absolute Gasteiger partial charge is 0.334 e. The van der Waals surface area contributed by atoms with Crippen LogP contribution in [0.3, 0.4) is 0 Å². The normalized spacial score (nSPS) is 17.5. The zero-order chi connectivity index (χ0) is 18.2. The van der Waals surface area contributed by atoms with Crippen molar-refractivity contribution in [1.82, 2.24) is 5.32 Å². The summed E-state index contributed by atoms with van der Waals surface area (Å²) in [6, 6.07) is 2.58. The molecule has 0 bridgehead atoms. The number of carboxylic acids is 1. The molecule has 126 valence electrons. The van der Waals surface area contributed by atoms with Crippen molar-refractivity contribution in [3.05, 3.63) is 72.5 Å². The van der Waals surface area contributed by atoms with Gasteiger partial charge in [-0.15, -0.1) is 0 Å². The van der Waals surface area contributed by atoms with Crippen LogP contribution in [0.15, 0.2) is 40.9 Å². The molecule has 0 fully saturated rings. The van der Waals surface area contributed by atoms with Gasteiger partial charge in [0.2, 0.25) is 0 Å². The monoisotopic (exact) mass is 337 g/mol. The van der Waals surface area contributed by atoms with Gasteiger partial charge in [-0.05, 0) is 19.9 Å². The number of rotatable bonds is 4. The van der Waals surface area contributed by atoms with Crippen molar-refractivity contribution in [2.24, 2.45) is 0 Å². The average molecular weight is 337 g/mol. The van der Waals surface area contributed by atoms with Crippen molar-refractivity contribution in [1.29, 1.82) is 0 Å². The van der Waals surface area contributed by atoms with Crippen LogP contribution in [0.1, 0.15) is 25.3 Å². The summed E-state index contributed by atoms with van der Waals surface area (Å²) in [6.45, 7) is 2.77. The summed E-state index contributed by atoms with van der Waals surface area (Å²) in [4.78, 5) is 32.0. The van der Waals surface area contributed by atoms with E-state index in [0.717, 1.165) is 12.1 Å². The molecule has 0 radical (unpaired) electrons. The molecule has 1 heterocycles. The molecule has 0 saturated carbocycles. The topological polar surface area (TPSA) is 136 Å². The SMILES string of the molecule is CC1=C(C(=O)O)[C@@H](c2ccc([N+](=O)[O-])cc2F)C([N+](=O)[O-])=C(C)N1. The summed E-state index contributed by atoms with van der Waals surface area (Å²) in [7, 11) is 0. The number of dihydropyridines is 1. The summed E-state index contributed by atoms with van der Waals surface area (Å²) >= 11 is 0. The summed E-state index contributed by atoms with van der Waals surface area (Å²) in [5.74, 6) is -4.02. The molecule has 10 heteroatoms. The van der Waals surface area contributed by atoms with Gasteiger partial charge in [0.05, 0.1) is 27.2 Å². The van der Waals surface area contributed by atoms with Crippen LogP contribution in [-0.4, -0.2) is 20.9 Å². The Balaban J connectivity index is 2.73. The predicted molar refractivity (Wildman–Crippen MR) is 79.0 cm³/mol. The van der Waals surface area contributed by atoms with Crippen molar-refractivity contribution in [2.45, 2.75) is 19.8 Å². The van der Waals surface area contributed by atoms with Gasteiger partial charge in [0, 0.05) is 17.3 Å². The number of benzene rings is 1. The van der Waals surface area contributed by atoms with Crippen molar-refractivity contribution in [3.63, 3.8) is 0 Å². The number of hydrogen-bond acceptors (Lipinski definition) is 6. The second kappa shape index (κ2) is 6.07. The van der Waals surface area contributed by atoms with E-state index >= 15 is 0 Å². The summed E-state index contributed by atoms with van der Waals surface area (Å²) < 4.78 is 14.3. The Kier molecular flexibility index (Phi) is 4.31. The van der Waals surface area contributed by atoms with Crippen molar-refractivity contribution in [3.8, 4) is 0 Å². The third-order valence-electron chi connectivity index (χ3n) is 3.66. The number of nitrogens with one attached hydrogen (secondary N) is 1. The van der Waals surface area contributed by atoms with Crippen LogP contribution >= 0.6 is 0 Å². The van der Waals surface area contributed by atoms with Crippen molar-refractivity contribution in [2.75, 3.05) is 0 Å². The van der Waals surface area contributed by atoms with Crippen LogP contribution in [-0.2, 0) is 4.79 Å². The molecule has 9 nitrogen and oxygen atoms in total. The largest absolute Gasteiger partial charge is 0.478 e. The first-order valence-corrected chi connectivity index (χ1v) is 6.65. The van der Waals surface area contributed by atoms with Gasteiger partial charge in [0.25, 0.3) is 11.4 Å². The van der Waals surface area contributed by atoms with E-state index in [1.807, 2.05) is 0 Å². The number of hydrogen-bond donors (Lipinski definition) is 2. The van der Waals surface area contributed by atoms with E-state index in [2.05, 4.69) is 5.32 Å². The highest BCUT2D eigenvalue weighted by Gasteiger charge is 2.41. The van der Waals surface area contributed by atoms with Crippen molar-refractivity contribution >= 4 is 11.7 Å². The Hall–Kier alpha value is -3.30. The molecular formula is C14H12FN3O6. The second-order valence-electron chi connectivity index (χ2n) is 5.13. The van der Waals surface area contributed by atoms with Crippen LogP contribution < -0.4 is 5.32 Å². The van der Waals surface area contributed by atoms with Crippen LogP contribution in [0.5, 0.6) is 0 Å². The molecular weight excluding hydrogens is 325 g/mol. The highest BCUT2D eigenvalue weighted by atomic mass is 19.1. The number of carboxylic acid groups (broad SMARTS) is 1. The maximum atomic E-state index is 14.3. The Morgan fingerprint density at radius 2 is 1.83 bits per heavy atom. The van der Waals surface area contributed by atoms with Gasteiger partial charge >= 0.3 is 5.97 Å². The van der Waals surface area contributed by atoms with Gasteiger partial charge in [0.15, 0.2) is 0 Å². The van der Waals surface area contributed by atoms with Gasteiger partial charge in [0.1, 0.15) is 11.7 Å². The number of non-ortho nitro benzene ring substituents is 1. The number of carbonyl (C=O) groups is 1. The quantitative estimate of drug-likeness (QED) is 0.635. The third-order valence-corrected chi connectivity index (χ3v) is 3.66. The minimum atomic E-state index is -1.49. The Morgan fingerprint density at radius 3 is 2.29 bits per heavy atom. The lowest BCUT2D eigenvalue weighted by atomic mass is 9.83. The van der Waals surface area contributed by atoms with Gasteiger partial charge < -0.3 is 10.4 Å². The first-order chi connectivity index (χ1) is 11.1. The maximum Gasteiger partial charge on any atom is 0.334 e. The average Bonchev–Trinajstić information content (AvgIpc) is 2.45. The number of aliphatic carboxylic acids is 1. The maximum absolute atomic E-state index is 14.3. The number of nitro benzene ring substituents is 1. The van der Waals surface area contributed by atoms with E-state index in [0.29, 0.717) is 6.07 Å². The molecule has 0 aliphatic carbocycles. The first-order valence-electron chi connectivity index (χ1n) is 6.65. The van der Waals surface area contributed by atoms with Gasteiger partial charge in [-0.1, -0.05) is 0 Å². The van der Waals surface area contributed by atoms with Gasteiger partial charge in [-0.2, -0.15) is 0 Å². The molecule has 1 aromatic carbocycles. The minimum absolute atomic E-state index is 0.0743. The van der Waals surface area contributed by atoms with E-state index in [1.54, 1.807) is 0 Å². The van der Waals surface area contributed by atoms with E-state index in [-0.39, 0.29) is 22.5 Å². The molecule has 24 heavy (non-hydrogen) atoms. The fourth-order valence-electron chi connectivity index (χ4n) is 2.68.